The zero-order chi connectivity index (χ0) is 13.8. The molecule has 5 heteroatoms. The molecule has 3 rings (SSSR count). The fraction of sp³-hybridized carbons (Fsp3) is 0.467. The van der Waals surface area contributed by atoms with E-state index in [0.29, 0.717) is 5.92 Å². The van der Waals surface area contributed by atoms with Crippen LogP contribution in [0.5, 0.6) is 0 Å². The number of hydrogen-bond donors (Lipinski definition) is 0. The maximum atomic E-state index is 5.48. The van der Waals surface area contributed by atoms with E-state index in [4.69, 9.17) is 4.42 Å². The molecule has 0 spiro atoms. The predicted octanol–water partition coefficient (Wildman–Crippen LogP) is 3.75. The Morgan fingerprint density at radius 2 is 2.20 bits per heavy atom. The van der Waals surface area contributed by atoms with Crippen LogP contribution in [0.1, 0.15) is 32.1 Å². The van der Waals surface area contributed by atoms with Crippen LogP contribution in [0.3, 0.4) is 0 Å². The zero-order valence-electron chi connectivity index (χ0n) is 11.7. The van der Waals surface area contributed by atoms with E-state index in [1.165, 1.54) is 32.1 Å². The molecular formula is C15H19N3OS. The fourth-order valence-corrected chi connectivity index (χ4v) is 3.39. The SMILES string of the molecule is CN=c1scc(-c2ccco2)n1N=CC1CCCCC1. The third-order valence-corrected chi connectivity index (χ3v) is 4.60. The van der Waals surface area contributed by atoms with Crippen molar-refractivity contribution in [3.8, 4) is 11.5 Å². The van der Waals surface area contributed by atoms with Gasteiger partial charge in [-0.3, -0.25) is 4.99 Å². The van der Waals surface area contributed by atoms with E-state index in [2.05, 4.69) is 16.3 Å². The fourth-order valence-electron chi connectivity index (χ4n) is 2.60. The molecular weight excluding hydrogens is 270 g/mol. The van der Waals surface area contributed by atoms with Gasteiger partial charge in [-0.15, -0.1) is 11.3 Å². The van der Waals surface area contributed by atoms with Gasteiger partial charge in [0.2, 0.25) is 4.80 Å². The third-order valence-electron chi connectivity index (χ3n) is 3.69. The summed E-state index contributed by atoms with van der Waals surface area (Å²) in [7, 11) is 1.80. The van der Waals surface area contributed by atoms with Gasteiger partial charge in [0.1, 0.15) is 5.69 Å². The van der Waals surface area contributed by atoms with Gasteiger partial charge in [0, 0.05) is 18.6 Å². The summed E-state index contributed by atoms with van der Waals surface area (Å²) >= 11 is 1.58. The summed E-state index contributed by atoms with van der Waals surface area (Å²) in [5, 5.41) is 6.71. The lowest BCUT2D eigenvalue weighted by atomic mass is 9.90. The van der Waals surface area contributed by atoms with Gasteiger partial charge in [-0.05, 0) is 30.9 Å². The Bertz CT molecular complexity index is 630. The number of aromatic nitrogens is 1. The minimum atomic E-state index is 0.602. The number of furan rings is 1. The molecule has 2 aromatic rings. The smallest absolute Gasteiger partial charge is 0.206 e. The molecule has 0 radical (unpaired) electrons. The third kappa shape index (κ3) is 2.77. The largest absolute Gasteiger partial charge is 0.463 e. The Labute approximate surface area is 122 Å². The van der Waals surface area contributed by atoms with Crippen molar-refractivity contribution < 1.29 is 4.42 Å². The summed E-state index contributed by atoms with van der Waals surface area (Å²) in [4.78, 5) is 5.18. The molecule has 0 bridgehead atoms. The average Bonchev–Trinajstić information content (AvgIpc) is 3.14. The molecule has 4 nitrogen and oxygen atoms in total. The highest BCUT2D eigenvalue weighted by molar-refractivity contribution is 7.07. The molecule has 0 aliphatic heterocycles. The number of nitrogens with zero attached hydrogens (tertiary/aromatic N) is 3. The summed E-state index contributed by atoms with van der Waals surface area (Å²) in [6, 6.07) is 3.85. The Hall–Kier alpha value is -1.62. The van der Waals surface area contributed by atoms with Crippen molar-refractivity contribution in [2.24, 2.45) is 16.0 Å². The summed E-state index contributed by atoms with van der Waals surface area (Å²) < 4.78 is 7.37. The minimum Gasteiger partial charge on any atom is -0.463 e. The van der Waals surface area contributed by atoms with Crippen LogP contribution in [0.4, 0.5) is 0 Å². The molecule has 2 aromatic heterocycles. The molecule has 1 fully saturated rings. The Balaban J connectivity index is 1.91. The van der Waals surface area contributed by atoms with Crippen molar-refractivity contribution in [2.75, 3.05) is 7.05 Å². The first-order valence-electron chi connectivity index (χ1n) is 7.10. The maximum absolute atomic E-state index is 5.48. The molecule has 0 N–H and O–H groups in total. The summed E-state index contributed by atoms with van der Waals surface area (Å²) in [6.07, 6.45) is 10.3. The van der Waals surface area contributed by atoms with Gasteiger partial charge in [0.25, 0.3) is 0 Å². The van der Waals surface area contributed by atoms with Crippen molar-refractivity contribution in [1.29, 1.82) is 0 Å². The minimum absolute atomic E-state index is 0.602. The number of hydrogen-bond acceptors (Lipinski definition) is 4. The second-order valence-electron chi connectivity index (χ2n) is 5.08. The van der Waals surface area contributed by atoms with Crippen molar-refractivity contribution in [1.82, 2.24) is 4.68 Å². The van der Waals surface area contributed by atoms with Crippen LogP contribution in [0.2, 0.25) is 0 Å². The second kappa shape index (κ2) is 6.22. The predicted molar refractivity (Wildman–Crippen MR) is 82.0 cm³/mol. The molecule has 20 heavy (non-hydrogen) atoms. The van der Waals surface area contributed by atoms with Gasteiger partial charge < -0.3 is 4.42 Å². The van der Waals surface area contributed by atoms with E-state index in [0.717, 1.165) is 16.3 Å². The van der Waals surface area contributed by atoms with Gasteiger partial charge in [-0.25, -0.2) is 4.68 Å². The quantitative estimate of drug-likeness (QED) is 0.793. The zero-order valence-corrected chi connectivity index (χ0v) is 12.5. The van der Waals surface area contributed by atoms with E-state index < -0.39 is 0 Å². The van der Waals surface area contributed by atoms with Gasteiger partial charge in [0.15, 0.2) is 5.76 Å². The lowest BCUT2D eigenvalue weighted by Crippen LogP contribution is -2.14. The van der Waals surface area contributed by atoms with E-state index in [1.54, 1.807) is 24.6 Å². The van der Waals surface area contributed by atoms with Crippen molar-refractivity contribution in [3.63, 3.8) is 0 Å². The van der Waals surface area contributed by atoms with Crippen LogP contribution in [0.15, 0.2) is 38.3 Å². The molecule has 1 aliphatic rings. The molecule has 0 aromatic carbocycles. The molecule has 0 unspecified atom stereocenters. The molecule has 0 saturated heterocycles. The van der Waals surface area contributed by atoms with Crippen LogP contribution in [0.25, 0.3) is 11.5 Å². The first-order chi connectivity index (χ1) is 9.88. The van der Waals surface area contributed by atoms with Crippen molar-refractivity contribution in [3.05, 3.63) is 28.6 Å². The maximum Gasteiger partial charge on any atom is 0.206 e. The van der Waals surface area contributed by atoms with Gasteiger partial charge >= 0.3 is 0 Å². The molecule has 106 valence electrons. The van der Waals surface area contributed by atoms with Crippen LogP contribution in [-0.4, -0.2) is 17.9 Å². The first-order valence-corrected chi connectivity index (χ1v) is 7.98. The van der Waals surface area contributed by atoms with E-state index in [-0.39, 0.29) is 0 Å². The van der Waals surface area contributed by atoms with E-state index >= 15 is 0 Å². The molecule has 1 aliphatic carbocycles. The van der Waals surface area contributed by atoms with Gasteiger partial charge in [-0.2, -0.15) is 5.10 Å². The summed E-state index contributed by atoms with van der Waals surface area (Å²) in [6.45, 7) is 0. The first kappa shape index (κ1) is 13.4. The average molecular weight is 289 g/mol. The second-order valence-corrected chi connectivity index (χ2v) is 5.92. The van der Waals surface area contributed by atoms with E-state index in [1.807, 2.05) is 22.2 Å². The highest BCUT2D eigenvalue weighted by Gasteiger charge is 2.13. The highest BCUT2D eigenvalue weighted by Crippen LogP contribution is 2.23. The Kier molecular flexibility index (Phi) is 4.16. The van der Waals surface area contributed by atoms with Crippen LogP contribution in [0, 0.1) is 5.92 Å². The summed E-state index contributed by atoms with van der Waals surface area (Å²) in [5.74, 6) is 1.43. The lowest BCUT2D eigenvalue weighted by molar-refractivity contribution is 0.443. The number of thiazole rings is 1. The standard InChI is InChI=1S/C15H19N3OS/c1-16-15-18(17-10-12-6-3-2-4-7-12)13(11-20-15)14-8-5-9-19-14/h5,8-12H,2-4,6-7H2,1H3. The van der Waals surface area contributed by atoms with Crippen molar-refractivity contribution >= 4 is 17.6 Å². The van der Waals surface area contributed by atoms with Gasteiger partial charge in [-0.1, -0.05) is 19.3 Å². The van der Waals surface area contributed by atoms with Crippen LogP contribution < -0.4 is 4.80 Å². The van der Waals surface area contributed by atoms with Crippen LogP contribution in [-0.2, 0) is 0 Å². The normalized spacial score (nSPS) is 18.1. The molecule has 0 atom stereocenters. The molecule has 0 amide bonds. The van der Waals surface area contributed by atoms with Crippen molar-refractivity contribution in [2.45, 2.75) is 32.1 Å². The van der Waals surface area contributed by atoms with E-state index in [9.17, 15) is 0 Å². The van der Waals surface area contributed by atoms with Crippen LogP contribution >= 0.6 is 11.3 Å². The number of rotatable bonds is 3. The Morgan fingerprint density at radius 3 is 2.90 bits per heavy atom. The lowest BCUT2D eigenvalue weighted by Gasteiger charge is -2.16. The topological polar surface area (TPSA) is 42.8 Å². The summed E-state index contributed by atoms with van der Waals surface area (Å²) in [5.41, 5.74) is 0.965. The molecule has 2 heterocycles. The highest BCUT2D eigenvalue weighted by atomic mass is 32.1. The van der Waals surface area contributed by atoms with Gasteiger partial charge in [0.05, 0.1) is 6.26 Å². The monoisotopic (exact) mass is 289 g/mol. The molecule has 1 saturated carbocycles. The Morgan fingerprint density at radius 1 is 1.35 bits per heavy atom.